The average molecular weight is 757 g/mol. The van der Waals surface area contributed by atoms with Crippen LogP contribution in [0.15, 0.2) is 0 Å². The third-order valence-electron chi connectivity index (χ3n) is 5.90. The predicted octanol–water partition coefficient (Wildman–Crippen LogP) is 8.50. The van der Waals surface area contributed by atoms with Gasteiger partial charge in [-0.15, -0.1) is 0 Å². The second-order valence-electron chi connectivity index (χ2n) is 20.7. The summed E-state index contributed by atoms with van der Waals surface area (Å²) in [6.07, 6.45) is -0.478. The van der Waals surface area contributed by atoms with E-state index in [0.717, 1.165) is 6.54 Å². The Morgan fingerprint density at radius 2 is 0.889 bits per heavy atom. The van der Waals surface area contributed by atoms with Gasteiger partial charge in [0.2, 0.25) is 0 Å². The van der Waals surface area contributed by atoms with E-state index in [2.05, 4.69) is 106 Å². The number of rotatable bonds is 5. The van der Waals surface area contributed by atoms with Gasteiger partial charge >= 0.3 is 0 Å². The van der Waals surface area contributed by atoms with Gasteiger partial charge in [0.1, 0.15) is 11.7 Å². The molecule has 0 aliphatic rings. The van der Waals surface area contributed by atoms with E-state index >= 15 is 0 Å². The summed E-state index contributed by atoms with van der Waals surface area (Å²) in [5.74, 6) is 30.3. The van der Waals surface area contributed by atoms with Gasteiger partial charge in [0.25, 0.3) is 0 Å². The van der Waals surface area contributed by atoms with Crippen LogP contribution in [0.4, 0.5) is 0 Å². The van der Waals surface area contributed by atoms with Gasteiger partial charge in [0.15, 0.2) is 0 Å². The normalized spacial score (nSPS) is 13.6. The number of nitrogens with two attached hydrogens (primary N) is 1. The van der Waals surface area contributed by atoms with E-state index in [-0.39, 0.29) is 63.6 Å². The Balaban J connectivity index is -0.000000186. The molecule has 0 aromatic carbocycles. The van der Waals surface area contributed by atoms with Crippen LogP contribution in [0.25, 0.3) is 0 Å². The molecule has 2 unspecified atom stereocenters. The molecule has 0 radical (unpaired) electrons. The molecule has 0 heterocycles. The fourth-order valence-corrected chi connectivity index (χ4v) is 2.13. The van der Waals surface area contributed by atoms with Crippen molar-refractivity contribution < 1.29 is 20.4 Å². The molecular formula is C48H88N2O4. The fraction of sp³-hybridized carbons (Fsp3) is 0.792. The van der Waals surface area contributed by atoms with E-state index in [9.17, 15) is 10.2 Å². The molecule has 0 saturated carbocycles. The van der Waals surface area contributed by atoms with Gasteiger partial charge in [-0.25, -0.2) is 0 Å². The first-order chi connectivity index (χ1) is 23.6. The highest BCUT2D eigenvalue weighted by Crippen LogP contribution is 2.18. The summed E-state index contributed by atoms with van der Waals surface area (Å²) in [5, 5.41) is 36.5. The lowest BCUT2D eigenvalue weighted by molar-refractivity contribution is 0.0723. The molecule has 0 spiro atoms. The molecule has 0 amide bonds. The number of aliphatic hydroxyl groups is 4. The van der Waals surface area contributed by atoms with E-state index < -0.39 is 11.7 Å². The summed E-state index contributed by atoms with van der Waals surface area (Å²) in [4.78, 5) is 2.07. The van der Waals surface area contributed by atoms with E-state index in [1.165, 1.54) is 0 Å². The first-order valence-electron chi connectivity index (χ1n) is 19.3. The number of aliphatic hydroxyl groups excluding tert-OH is 3. The van der Waals surface area contributed by atoms with Crippen molar-refractivity contribution in [3.8, 4) is 59.2 Å². The van der Waals surface area contributed by atoms with Crippen LogP contribution in [0, 0.1) is 104 Å². The van der Waals surface area contributed by atoms with Crippen LogP contribution >= 0.6 is 0 Å². The minimum absolute atomic E-state index is 0.00410. The zero-order valence-electron chi connectivity index (χ0n) is 39.7. The Bertz CT molecular complexity index is 1310. The molecule has 6 N–H and O–H groups in total. The van der Waals surface area contributed by atoms with Crippen LogP contribution in [0.2, 0.25) is 0 Å². The van der Waals surface area contributed by atoms with Gasteiger partial charge in [-0.3, -0.25) is 4.90 Å². The van der Waals surface area contributed by atoms with E-state index in [4.69, 9.17) is 15.9 Å². The van der Waals surface area contributed by atoms with Crippen LogP contribution in [0.1, 0.15) is 152 Å². The predicted molar refractivity (Wildman–Crippen MR) is 237 cm³/mol. The Kier molecular flexibility index (Phi) is 30.6. The minimum Gasteiger partial charge on any atom is -0.395 e. The van der Waals surface area contributed by atoms with Crippen molar-refractivity contribution in [1.82, 2.24) is 4.90 Å². The van der Waals surface area contributed by atoms with Crippen molar-refractivity contribution >= 4 is 0 Å². The Morgan fingerprint density at radius 3 is 1.17 bits per heavy atom. The maximum absolute atomic E-state index is 9.78. The quantitative estimate of drug-likeness (QED) is 0.180. The molecule has 54 heavy (non-hydrogen) atoms. The molecule has 0 aromatic rings. The molecule has 0 saturated heterocycles. The number of hydrogen-bond acceptors (Lipinski definition) is 6. The van der Waals surface area contributed by atoms with Gasteiger partial charge in [-0.2, -0.15) is 0 Å². The molecule has 6 nitrogen and oxygen atoms in total. The Labute approximate surface area is 337 Å². The molecule has 0 aliphatic carbocycles. The molecule has 0 bridgehead atoms. The fourth-order valence-electron chi connectivity index (χ4n) is 2.13. The van der Waals surface area contributed by atoms with Crippen molar-refractivity contribution in [2.75, 3.05) is 33.9 Å². The first kappa shape index (κ1) is 60.8. The zero-order valence-corrected chi connectivity index (χ0v) is 39.7. The molecule has 314 valence electrons. The molecule has 0 aliphatic heterocycles. The van der Waals surface area contributed by atoms with Crippen LogP contribution in [-0.4, -0.2) is 76.9 Å². The average Bonchev–Trinajstić information content (AvgIpc) is 2.95. The smallest absolute Gasteiger partial charge is 0.125 e. The van der Waals surface area contributed by atoms with E-state index in [1.54, 1.807) is 6.92 Å². The summed E-state index contributed by atoms with van der Waals surface area (Å²) in [6, 6.07) is -0.390. The highest BCUT2D eigenvalue weighted by molar-refractivity contribution is 5.17. The van der Waals surface area contributed by atoms with Crippen LogP contribution in [-0.2, 0) is 0 Å². The number of hydrogen-bond donors (Lipinski definition) is 5. The lowest BCUT2D eigenvalue weighted by atomic mass is 9.90. The van der Waals surface area contributed by atoms with Crippen molar-refractivity contribution in [2.45, 2.75) is 170 Å². The molecule has 0 aromatic heterocycles. The largest absolute Gasteiger partial charge is 0.395 e. The van der Waals surface area contributed by atoms with Gasteiger partial charge in [-0.05, 0) is 151 Å². The molecule has 3 atom stereocenters. The van der Waals surface area contributed by atoms with E-state index in [1.807, 2.05) is 118 Å². The summed E-state index contributed by atoms with van der Waals surface area (Å²) >= 11 is 0. The van der Waals surface area contributed by atoms with Crippen molar-refractivity contribution in [3.63, 3.8) is 0 Å². The SMILES string of the molecule is CC(C)(C)C#CC(C)(C)CO.CC(C)(C)C#C[C@@H](N)CO.CC(C)C(C)(O)C#CC(C)(C)C.CC(C)C(O)C#CC(C)(C)C.CN(C)CC#CC(C)(C)C. The van der Waals surface area contributed by atoms with Crippen molar-refractivity contribution in [1.29, 1.82) is 0 Å². The Morgan fingerprint density at radius 1 is 0.537 bits per heavy atom. The highest BCUT2D eigenvalue weighted by Gasteiger charge is 2.22. The lowest BCUT2D eigenvalue weighted by Crippen LogP contribution is -2.29. The minimum atomic E-state index is -0.854. The second kappa shape index (κ2) is 27.2. The summed E-state index contributed by atoms with van der Waals surface area (Å²) in [5.41, 5.74) is 4.37. The van der Waals surface area contributed by atoms with Crippen molar-refractivity contribution in [3.05, 3.63) is 0 Å². The highest BCUT2D eigenvalue weighted by atomic mass is 16.3. The van der Waals surface area contributed by atoms with Gasteiger partial charge < -0.3 is 26.2 Å². The Hall–Kier alpha value is -2.44. The van der Waals surface area contributed by atoms with Gasteiger partial charge in [-0.1, -0.05) is 86.9 Å². The molecule has 0 fully saturated rings. The van der Waals surface area contributed by atoms with Crippen LogP contribution < -0.4 is 5.73 Å². The van der Waals surface area contributed by atoms with E-state index in [0.29, 0.717) is 0 Å². The first-order valence-corrected chi connectivity index (χ1v) is 19.3. The summed E-state index contributed by atoms with van der Waals surface area (Å²) in [7, 11) is 4.05. The monoisotopic (exact) mass is 757 g/mol. The third kappa shape index (κ3) is 56.3. The van der Waals surface area contributed by atoms with Crippen LogP contribution in [0.5, 0.6) is 0 Å². The molecule has 0 rings (SSSR count). The van der Waals surface area contributed by atoms with Crippen LogP contribution in [0.3, 0.4) is 0 Å². The summed E-state index contributed by atoms with van der Waals surface area (Å²) < 4.78 is 0. The lowest BCUT2D eigenvalue weighted by Gasteiger charge is -2.21. The maximum atomic E-state index is 9.78. The topological polar surface area (TPSA) is 110 Å². The summed E-state index contributed by atoms with van der Waals surface area (Å²) in [6.45, 7) is 45.2. The van der Waals surface area contributed by atoms with Gasteiger partial charge in [0, 0.05) is 32.5 Å². The number of nitrogens with zero attached hydrogens (tertiary/aromatic N) is 1. The maximum Gasteiger partial charge on any atom is 0.125 e. The molecule has 6 heteroatoms. The third-order valence-corrected chi connectivity index (χ3v) is 5.90. The molecular weight excluding hydrogens is 669 g/mol. The van der Waals surface area contributed by atoms with Gasteiger partial charge in [0.05, 0.1) is 25.8 Å². The second-order valence-corrected chi connectivity index (χ2v) is 20.7. The standard InChI is InChI=1S/C11H20O.2C10H18O.C9H17N.C8H15NO/c1-9(2)11(6,12)8-7-10(3,4)5;1-9(2,3)6-7-10(4,5)8-11;1-8(2)9(11)6-7-10(3,4)5;1-9(2,3)7-6-8-10(4)5;1-8(2,3)5-4-7(9)6-10/h9,12H,1-6H3;11H,8H2,1-5H3;8-9,11H,1-5H3;8H2,1-5H3;7,10H,6,9H2,1-3H3/t;;;;7-/m....1/s1. The zero-order chi connectivity index (χ0) is 44.6. The van der Waals surface area contributed by atoms with Crippen molar-refractivity contribution in [2.24, 2.45) is 50.1 Å².